The number of rotatable bonds is 8. The summed E-state index contributed by atoms with van der Waals surface area (Å²) in [5.41, 5.74) is 0.410. The van der Waals surface area contributed by atoms with Crippen molar-refractivity contribution in [3.8, 4) is 5.75 Å². The summed E-state index contributed by atoms with van der Waals surface area (Å²) in [7, 11) is 0. The minimum atomic E-state index is -0.975. The molecule has 0 radical (unpaired) electrons. The van der Waals surface area contributed by atoms with E-state index in [2.05, 4.69) is 4.84 Å². The van der Waals surface area contributed by atoms with Gasteiger partial charge in [0.05, 0.1) is 24.2 Å². The summed E-state index contributed by atoms with van der Waals surface area (Å²) in [5.74, 6) is -0.527. The minimum absolute atomic E-state index is 0.118. The molecule has 1 fully saturated rings. The molecule has 0 atom stereocenters. The lowest BCUT2D eigenvalue weighted by molar-refractivity contribution is -0.757. The zero-order valence-corrected chi connectivity index (χ0v) is 14.6. The van der Waals surface area contributed by atoms with E-state index in [1.54, 1.807) is 11.0 Å². The van der Waals surface area contributed by atoms with E-state index in [0.717, 1.165) is 24.3 Å². The molecule has 0 aliphatic carbocycles. The number of nitrogens with zero attached hydrogens (tertiary/aromatic N) is 3. The molecule has 3 rings (SSSR count). The van der Waals surface area contributed by atoms with Gasteiger partial charge in [0.15, 0.2) is 0 Å². The summed E-state index contributed by atoms with van der Waals surface area (Å²) in [4.78, 5) is 53.4. The fourth-order valence-corrected chi connectivity index (χ4v) is 3.14. The number of carbonyl (C=O) groups is 3. The van der Waals surface area contributed by atoms with Crippen molar-refractivity contribution >= 4 is 17.7 Å². The number of amides is 3. The maximum Gasteiger partial charge on any atom is 0.294 e. The Hall–Kier alpha value is -3.17. The Labute approximate surface area is 154 Å². The molecule has 2 heterocycles. The lowest BCUT2D eigenvalue weighted by Crippen LogP contribution is -2.38. The first kappa shape index (κ1) is 18.6. The highest BCUT2D eigenvalue weighted by Gasteiger charge is 2.35. The second-order valence-electron chi connectivity index (χ2n) is 6.21. The van der Waals surface area contributed by atoms with Crippen molar-refractivity contribution in [1.82, 2.24) is 9.80 Å². The number of carbonyl (C=O) groups excluding carboxylic acids is 3. The normalized spacial score (nSPS) is 16.5. The van der Waals surface area contributed by atoms with Crippen LogP contribution in [0.25, 0.3) is 0 Å². The van der Waals surface area contributed by atoms with Gasteiger partial charge in [0.1, 0.15) is 19.0 Å². The van der Waals surface area contributed by atoms with Gasteiger partial charge in [-0.05, 0) is 31.0 Å². The second-order valence-corrected chi connectivity index (χ2v) is 6.21. The van der Waals surface area contributed by atoms with Crippen LogP contribution in [0, 0.1) is 10.1 Å². The minimum Gasteiger partial charge on any atom is -0.492 e. The highest BCUT2D eigenvalue weighted by atomic mass is 16.9. The van der Waals surface area contributed by atoms with E-state index in [1.165, 1.54) is 12.1 Å². The van der Waals surface area contributed by atoms with Crippen molar-refractivity contribution in [1.29, 1.82) is 0 Å². The molecule has 10 heteroatoms. The average Bonchev–Trinajstić information content (AvgIpc) is 2.87. The van der Waals surface area contributed by atoms with Gasteiger partial charge in [-0.15, -0.1) is 10.1 Å². The molecule has 0 bridgehead atoms. The van der Waals surface area contributed by atoms with Gasteiger partial charge in [-0.1, -0.05) is 0 Å². The number of benzene rings is 1. The SMILES string of the molecule is O=C1CCCCN1CCOc1ccc2c(c1)C(=O)N(CCO[N+](=O)[O-])C2=O. The van der Waals surface area contributed by atoms with E-state index >= 15 is 0 Å². The molecule has 3 amide bonds. The third kappa shape index (κ3) is 4.15. The highest BCUT2D eigenvalue weighted by molar-refractivity contribution is 6.21. The molecule has 2 aliphatic rings. The number of ether oxygens (including phenoxy) is 1. The van der Waals surface area contributed by atoms with Crippen LogP contribution in [-0.2, 0) is 9.63 Å². The van der Waals surface area contributed by atoms with Gasteiger partial charge < -0.3 is 14.5 Å². The van der Waals surface area contributed by atoms with Crippen LogP contribution in [0.4, 0.5) is 0 Å². The molecule has 0 spiro atoms. The maximum atomic E-state index is 12.4. The number of piperidine rings is 1. The van der Waals surface area contributed by atoms with E-state index in [4.69, 9.17) is 4.74 Å². The summed E-state index contributed by atoms with van der Waals surface area (Å²) in [6, 6.07) is 4.55. The Kier molecular flexibility index (Phi) is 5.53. The van der Waals surface area contributed by atoms with Crippen LogP contribution < -0.4 is 4.74 Å². The summed E-state index contributed by atoms with van der Waals surface area (Å²) in [5, 5.41) is 9.21. The first-order valence-electron chi connectivity index (χ1n) is 8.65. The quantitative estimate of drug-likeness (QED) is 0.375. The molecule has 27 heavy (non-hydrogen) atoms. The second kappa shape index (κ2) is 8.02. The predicted octanol–water partition coefficient (Wildman–Crippen LogP) is 0.882. The Morgan fingerprint density at radius 2 is 1.81 bits per heavy atom. The number of likely N-dealkylation sites (tertiary alicyclic amines) is 1. The Bertz CT molecular complexity index is 780. The lowest BCUT2D eigenvalue weighted by Gasteiger charge is -2.26. The first-order valence-corrected chi connectivity index (χ1v) is 8.65. The maximum absolute atomic E-state index is 12.4. The van der Waals surface area contributed by atoms with Crippen LogP contribution in [0.3, 0.4) is 0 Å². The standard InChI is InChI=1S/C17H19N3O7/c21-15-3-1-2-6-18(15)7-9-26-12-4-5-13-14(11-12)17(23)19(16(13)22)8-10-27-20(24)25/h4-5,11H,1-3,6-10H2. The molecular weight excluding hydrogens is 358 g/mol. The van der Waals surface area contributed by atoms with E-state index in [0.29, 0.717) is 18.7 Å². The molecule has 0 saturated carbocycles. The molecule has 1 aromatic rings. The Balaban J connectivity index is 1.58. The highest BCUT2D eigenvalue weighted by Crippen LogP contribution is 2.26. The van der Waals surface area contributed by atoms with Crippen molar-refractivity contribution in [2.45, 2.75) is 19.3 Å². The molecule has 0 unspecified atom stereocenters. The smallest absolute Gasteiger partial charge is 0.294 e. The molecule has 144 valence electrons. The zero-order chi connectivity index (χ0) is 19.4. The van der Waals surface area contributed by atoms with E-state index in [9.17, 15) is 24.5 Å². The summed E-state index contributed by atoms with van der Waals surface area (Å²) < 4.78 is 5.62. The largest absolute Gasteiger partial charge is 0.492 e. The fourth-order valence-electron chi connectivity index (χ4n) is 3.14. The van der Waals surface area contributed by atoms with Crippen molar-refractivity contribution in [2.75, 3.05) is 32.8 Å². The van der Waals surface area contributed by atoms with E-state index < -0.39 is 16.9 Å². The fraction of sp³-hybridized carbons (Fsp3) is 0.471. The average molecular weight is 377 g/mol. The first-order chi connectivity index (χ1) is 13.0. The van der Waals surface area contributed by atoms with Gasteiger partial charge in [0, 0.05) is 13.0 Å². The number of hydrogen-bond acceptors (Lipinski definition) is 7. The van der Waals surface area contributed by atoms with Crippen LogP contribution in [-0.4, -0.2) is 65.5 Å². The molecular formula is C17H19N3O7. The van der Waals surface area contributed by atoms with E-state index in [1.807, 2.05) is 0 Å². The number of hydrogen-bond donors (Lipinski definition) is 0. The predicted molar refractivity (Wildman–Crippen MR) is 90.7 cm³/mol. The van der Waals surface area contributed by atoms with Gasteiger partial charge in [0.2, 0.25) is 5.91 Å². The van der Waals surface area contributed by atoms with Crippen LogP contribution in [0.5, 0.6) is 5.75 Å². The Morgan fingerprint density at radius 1 is 1.04 bits per heavy atom. The summed E-state index contributed by atoms with van der Waals surface area (Å²) in [6.07, 6.45) is 2.46. The molecule has 2 aliphatic heterocycles. The van der Waals surface area contributed by atoms with Gasteiger partial charge in [-0.25, -0.2) is 0 Å². The number of fused-ring (bicyclic) bond motifs is 1. The van der Waals surface area contributed by atoms with Crippen LogP contribution in [0.2, 0.25) is 0 Å². The van der Waals surface area contributed by atoms with Gasteiger partial charge >= 0.3 is 0 Å². The van der Waals surface area contributed by atoms with Gasteiger partial charge in [-0.2, -0.15) is 0 Å². The van der Waals surface area contributed by atoms with Gasteiger partial charge in [-0.3, -0.25) is 19.3 Å². The van der Waals surface area contributed by atoms with E-state index in [-0.39, 0.29) is 36.8 Å². The Morgan fingerprint density at radius 3 is 2.56 bits per heavy atom. The van der Waals surface area contributed by atoms with Gasteiger partial charge in [0.25, 0.3) is 16.9 Å². The zero-order valence-electron chi connectivity index (χ0n) is 14.6. The van der Waals surface area contributed by atoms with Crippen LogP contribution >= 0.6 is 0 Å². The van der Waals surface area contributed by atoms with Crippen molar-refractivity contribution in [3.05, 3.63) is 39.4 Å². The molecule has 0 aromatic heterocycles. The van der Waals surface area contributed by atoms with Crippen molar-refractivity contribution < 1.29 is 29.0 Å². The molecule has 1 saturated heterocycles. The number of imide groups is 1. The van der Waals surface area contributed by atoms with Crippen molar-refractivity contribution in [2.24, 2.45) is 0 Å². The van der Waals surface area contributed by atoms with Crippen molar-refractivity contribution in [3.63, 3.8) is 0 Å². The third-order valence-corrected chi connectivity index (χ3v) is 4.51. The topological polar surface area (TPSA) is 119 Å². The van der Waals surface area contributed by atoms with Crippen LogP contribution in [0.1, 0.15) is 40.0 Å². The molecule has 10 nitrogen and oxygen atoms in total. The molecule has 1 aromatic carbocycles. The lowest BCUT2D eigenvalue weighted by atomic mass is 10.1. The summed E-state index contributed by atoms with van der Waals surface area (Å²) >= 11 is 0. The summed E-state index contributed by atoms with van der Waals surface area (Å²) in [6.45, 7) is 0.882. The third-order valence-electron chi connectivity index (χ3n) is 4.51. The monoisotopic (exact) mass is 377 g/mol. The molecule has 0 N–H and O–H groups in total. The van der Waals surface area contributed by atoms with Crippen LogP contribution in [0.15, 0.2) is 18.2 Å².